The molecule has 3 nitrogen and oxygen atoms in total. The van der Waals surface area contributed by atoms with E-state index >= 15 is 0 Å². The Kier molecular flexibility index (Phi) is 3.75. The van der Waals surface area contributed by atoms with Gasteiger partial charge in [-0.3, -0.25) is 0 Å². The first-order valence-electron chi connectivity index (χ1n) is 2.89. The van der Waals surface area contributed by atoms with Crippen LogP contribution in [0.2, 0.25) is 0 Å². The average Bonchev–Trinajstić information content (AvgIpc) is 1.97. The third kappa shape index (κ3) is 4.73. The second kappa shape index (κ2) is 4.10. The van der Waals surface area contributed by atoms with Crippen LogP contribution >= 0.6 is 0 Å². The normalized spacial score (nSPS) is 11.0. The van der Waals surface area contributed by atoms with E-state index in [1.165, 1.54) is 0 Å². The Labute approximate surface area is 66.4 Å². The Morgan fingerprint density at radius 3 is 2.33 bits per heavy atom. The Bertz CT molecular complexity index is 185. The number of hydrogen-bond donors (Lipinski definition) is 1. The molecule has 0 unspecified atom stereocenters. The molecule has 6 heteroatoms. The van der Waals surface area contributed by atoms with Crippen LogP contribution in [0.1, 0.15) is 0 Å². The van der Waals surface area contributed by atoms with Crippen molar-refractivity contribution in [3.05, 3.63) is 12.2 Å². The number of aliphatic hydroxyl groups excluding tert-OH is 1. The van der Waals surface area contributed by atoms with Gasteiger partial charge in [-0.2, -0.15) is 13.2 Å². The van der Waals surface area contributed by atoms with E-state index in [1.54, 1.807) is 0 Å². The third-order valence-corrected chi connectivity index (χ3v) is 0.846. The highest BCUT2D eigenvalue weighted by Gasteiger charge is 2.29. The van der Waals surface area contributed by atoms with E-state index in [9.17, 15) is 18.0 Å². The van der Waals surface area contributed by atoms with Crippen LogP contribution in [0.25, 0.3) is 0 Å². The number of alkyl halides is 3. The minimum Gasteiger partial charge on any atom is -0.453 e. The van der Waals surface area contributed by atoms with E-state index in [4.69, 9.17) is 5.11 Å². The molecule has 0 fully saturated rings. The van der Waals surface area contributed by atoms with Gasteiger partial charge in [0.25, 0.3) is 0 Å². The average molecular weight is 184 g/mol. The molecule has 1 N–H and O–H groups in total. The lowest BCUT2D eigenvalue weighted by Gasteiger charge is -2.07. The van der Waals surface area contributed by atoms with Crippen LogP contribution < -0.4 is 0 Å². The first-order chi connectivity index (χ1) is 5.37. The topological polar surface area (TPSA) is 46.5 Å². The Hall–Kier alpha value is -1.04. The molecule has 0 heterocycles. The first-order valence-corrected chi connectivity index (χ1v) is 2.89. The molecule has 0 aliphatic rings. The SMILES string of the molecule is C=C(CO)C(=O)OCC(F)(F)F. The van der Waals surface area contributed by atoms with Gasteiger partial charge in [0, 0.05) is 0 Å². The molecule has 0 aromatic carbocycles. The predicted molar refractivity (Wildman–Crippen MR) is 33.2 cm³/mol. The van der Waals surface area contributed by atoms with Gasteiger partial charge < -0.3 is 9.84 Å². The molecule has 0 aromatic rings. The summed E-state index contributed by atoms with van der Waals surface area (Å²) in [5.74, 6) is -1.24. The molecule has 0 aliphatic heterocycles. The lowest BCUT2D eigenvalue weighted by Crippen LogP contribution is -2.21. The zero-order valence-corrected chi connectivity index (χ0v) is 6.02. The molecule has 0 atom stereocenters. The van der Waals surface area contributed by atoms with Gasteiger partial charge in [0.2, 0.25) is 0 Å². The number of ether oxygens (including phenoxy) is 1. The van der Waals surface area contributed by atoms with E-state index in [1.807, 2.05) is 0 Å². The summed E-state index contributed by atoms with van der Waals surface area (Å²) in [4.78, 5) is 10.4. The molecule has 0 radical (unpaired) electrons. The zero-order valence-electron chi connectivity index (χ0n) is 6.02. The molecular formula is C6H7F3O3. The van der Waals surface area contributed by atoms with Gasteiger partial charge in [-0.25, -0.2) is 4.79 Å². The van der Waals surface area contributed by atoms with E-state index in [0.29, 0.717) is 0 Å². The van der Waals surface area contributed by atoms with Crippen LogP contribution in [-0.4, -0.2) is 30.5 Å². The van der Waals surface area contributed by atoms with Crippen molar-refractivity contribution >= 4 is 5.97 Å². The summed E-state index contributed by atoms with van der Waals surface area (Å²) in [6.45, 7) is 0.608. The van der Waals surface area contributed by atoms with Gasteiger partial charge in [0.1, 0.15) is 0 Å². The molecule has 12 heavy (non-hydrogen) atoms. The number of esters is 1. The molecule has 0 amide bonds. The van der Waals surface area contributed by atoms with Crippen molar-refractivity contribution in [2.24, 2.45) is 0 Å². The van der Waals surface area contributed by atoms with Crippen molar-refractivity contribution in [2.45, 2.75) is 6.18 Å². The minimum atomic E-state index is -4.55. The number of carbonyl (C=O) groups excluding carboxylic acids is 1. The summed E-state index contributed by atoms with van der Waals surface area (Å²) < 4.78 is 38.0. The van der Waals surface area contributed by atoms with E-state index < -0.39 is 30.9 Å². The summed E-state index contributed by atoms with van der Waals surface area (Å²) in [7, 11) is 0. The van der Waals surface area contributed by atoms with E-state index in [-0.39, 0.29) is 0 Å². The molecule has 0 saturated heterocycles. The van der Waals surface area contributed by atoms with Crippen LogP contribution in [-0.2, 0) is 9.53 Å². The van der Waals surface area contributed by atoms with E-state index in [2.05, 4.69) is 11.3 Å². The van der Waals surface area contributed by atoms with Crippen molar-refractivity contribution in [3.63, 3.8) is 0 Å². The molecule has 0 aromatic heterocycles. The lowest BCUT2D eigenvalue weighted by molar-refractivity contribution is -0.183. The van der Waals surface area contributed by atoms with E-state index in [0.717, 1.165) is 0 Å². The minimum absolute atomic E-state index is 0.403. The molecule has 0 saturated carbocycles. The highest BCUT2D eigenvalue weighted by Crippen LogP contribution is 2.14. The second-order valence-electron chi connectivity index (χ2n) is 1.95. The van der Waals surface area contributed by atoms with Crippen molar-refractivity contribution in [1.82, 2.24) is 0 Å². The molecule has 70 valence electrons. The van der Waals surface area contributed by atoms with Crippen molar-refractivity contribution in [3.8, 4) is 0 Å². The van der Waals surface area contributed by atoms with Crippen LogP contribution in [0, 0.1) is 0 Å². The Morgan fingerprint density at radius 2 is 2.00 bits per heavy atom. The van der Waals surface area contributed by atoms with Crippen molar-refractivity contribution in [2.75, 3.05) is 13.2 Å². The van der Waals surface area contributed by atoms with Gasteiger partial charge >= 0.3 is 12.1 Å². The summed E-state index contributed by atoms with van der Waals surface area (Å²) in [5, 5.41) is 8.25. The maximum Gasteiger partial charge on any atom is 0.422 e. The van der Waals surface area contributed by atoms with Gasteiger partial charge in [-0.15, -0.1) is 0 Å². The maximum absolute atomic E-state index is 11.4. The largest absolute Gasteiger partial charge is 0.453 e. The fraction of sp³-hybridized carbons (Fsp3) is 0.500. The molecular weight excluding hydrogens is 177 g/mol. The smallest absolute Gasteiger partial charge is 0.422 e. The first kappa shape index (κ1) is 11.0. The fourth-order valence-electron chi connectivity index (χ4n) is 0.314. The molecule has 0 rings (SSSR count). The predicted octanol–water partition coefficient (Wildman–Crippen LogP) is 0.640. The van der Waals surface area contributed by atoms with Gasteiger partial charge in [0.05, 0.1) is 12.2 Å². The maximum atomic E-state index is 11.4. The summed E-state index contributed by atoms with van der Waals surface area (Å²) in [6, 6.07) is 0. The molecule has 0 bridgehead atoms. The number of carbonyl (C=O) groups is 1. The zero-order chi connectivity index (χ0) is 9.78. The quantitative estimate of drug-likeness (QED) is 0.517. The van der Waals surface area contributed by atoms with Gasteiger partial charge in [-0.1, -0.05) is 6.58 Å². The fourth-order valence-corrected chi connectivity index (χ4v) is 0.314. The monoisotopic (exact) mass is 184 g/mol. The number of hydrogen-bond acceptors (Lipinski definition) is 3. The third-order valence-electron chi connectivity index (χ3n) is 0.846. The highest BCUT2D eigenvalue weighted by molar-refractivity contribution is 5.87. The van der Waals surface area contributed by atoms with Gasteiger partial charge in [-0.05, 0) is 0 Å². The lowest BCUT2D eigenvalue weighted by atomic mass is 10.3. The number of aliphatic hydroxyl groups is 1. The number of halogens is 3. The van der Waals surface area contributed by atoms with Crippen LogP contribution in [0.3, 0.4) is 0 Å². The van der Waals surface area contributed by atoms with Crippen molar-refractivity contribution in [1.29, 1.82) is 0 Å². The standard InChI is InChI=1S/C6H7F3O3/c1-4(2-10)5(11)12-3-6(7,8)9/h10H,1-3H2. The van der Waals surface area contributed by atoms with Crippen LogP contribution in [0.15, 0.2) is 12.2 Å². The molecule has 0 spiro atoms. The van der Waals surface area contributed by atoms with Crippen molar-refractivity contribution < 1.29 is 27.8 Å². The Balaban J connectivity index is 3.80. The summed E-state index contributed by atoms with van der Waals surface area (Å²) >= 11 is 0. The molecule has 0 aliphatic carbocycles. The Morgan fingerprint density at radius 1 is 1.50 bits per heavy atom. The summed E-state index contributed by atoms with van der Waals surface area (Å²) in [5.41, 5.74) is -0.403. The highest BCUT2D eigenvalue weighted by atomic mass is 19.4. The van der Waals surface area contributed by atoms with Crippen LogP contribution in [0.4, 0.5) is 13.2 Å². The summed E-state index contributed by atoms with van der Waals surface area (Å²) in [6.07, 6.45) is -4.55. The number of rotatable bonds is 3. The second-order valence-corrected chi connectivity index (χ2v) is 1.95. The van der Waals surface area contributed by atoms with Crippen LogP contribution in [0.5, 0.6) is 0 Å². The van der Waals surface area contributed by atoms with Gasteiger partial charge in [0.15, 0.2) is 6.61 Å².